The predicted molar refractivity (Wildman–Crippen MR) is 108 cm³/mol. The summed E-state index contributed by atoms with van der Waals surface area (Å²) in [5, 5.41) is 2.80. The van der Waals surface area contributed by atoms with Gasteiger partial charge in [0.15, 0.2) is 0 Å². The van der Waals surface area contributed by atoms with Crippen molar-refractivity contribution in [3.63, 3.8) is 0 Å². The molecule has 5 rings (SSSR count). The van der Waals surface area contributed by atoms with Crippen molar-refractivity contribution in [2.75, 3.05) is 13.1 Å². The number of nitrogens with zero attached hydrogens (tertiary/aromatic N) is 2. The number of rotatable bonds is 4. The van der Waals surface area contributed by atoms with Gasteiger partial charge in [-0.15, -0.1) is 0 Å². The lowest BCUT2D eigenvalue weighted by molar-refractivity contribution is -0.131. The van der Waals surface area contributed by atoms with Gasteiger partial charge in [-0.05, 0) is 55.0 Å². The summed E-state index contributed by atoms with van der Waals surface area (Å²) in [6.45, 7) is 1.62. The monoisotopic (exact) mass is 403 g/mol. The molecular formula is C23H21N3O4. The van der Waals surface area contributed by atoms with Crippen molar-refractivity contribution in [3.8, 4) is 0 Å². The Kier molecular flexibility index (Phi) is 4.03. The maximum Gasteiger partial charge on any atom is 0.325 e. The normalized spacial score (nSPS) is 22.6. The van der Waals surface area contributed by atoms with E-state index in [0.717, 1.165) is 34.6 Å². The highest BCUT2D eigenvalue weighted by Crippen LogP contribution is 2.32. The van der Waals surface area contributed by atoms with Crippen molar-refractivity contribution in [3.05, 3.63) is 70.3 Å². The van der Waals surface area contributed by atoms with Crippen molar-refractivity contribution < 1.29 is 19.2 Å². The molecule has 2 aromatic rings. The molecule has 1 aliphatic carbocycles. The molecule has 0 radical (unpaired) electrons. The largest absolute Gasteiger partial charge is 0.325 e. The first kappa shape index (κ1) is 18.5. The number of nitrogens with one attached hydrogen (secondary N) is 1. The average Bonchev–Trinajstić information content (AvgIpc) is 3.37. The van der Waals surface area contributed by atoms with Gasteiger partial charge in [0.1, 0.15) is 5.54 Å². The number of carbonyl (C=O) groups excluding carboxylic acids is 4. The van der Waals surface area contributed by atoms with Crippen LogP contribution in [0.3, 0.4) is 0 Å². The molecule has 152 valence electrons. The summed E-state index contributed by atoms with van der Waals surface area (Å²) in [5.41, 5.74) is 2.81. The molecule has 3 aliphatic rings. The average molecular weight is 403 g/mol. The molecule has 0 spiro atoms. The molecule has 0 bridgehead atoms. The molecule has 7 nitrogen and oxygen atoms in total. The molecule has 0 aromatic heterocycles. The van der Waals surface area contributed by atoms with Crippen LogP contribution in [0.5, 0.6) is 0 Å². The van der Waals surface area contributed by atoms with Crippen molar-refractivity contribution in [1.82, 2.24) is 15.1 Å². The zero-order valence-electron chi connectivity index (χ0n) is 16.6. The van der Waals surface area contributed by atoms with Gasteiger partial charge < -0.3 is 5.32 Å². The highest BCUT2D eigenvalue weighted by Gasteiger charge is 2.49. The molecule has 2 aliphatic heterocycles. The van der Waals surface area contributed by atoms with Crippen molar-refractivity contribution in [2.45, 2.75) is 31.7 Å². The van der Waals surface area contributed by atoms with E-state index in [-0.39, 0.29) is 19.0 Å². The fourth-order valence-electron chi connectivity index (χ4n) is 4.62. The summed E-state index contributed by atoms with van der Waals surface area (Å²) in [5.74, 6) is -1.17. The first-order valence-corrected chi connectivity index (χ1v) is 10.1. The third-order valence-electron chi connectivity index (χ3n) is 6.38. The number of amides is 5. The van der Waals surface area contributed by atoms with E-state index in [1.807, 2.05) is 18.2 Å². The van der Waals surface area contributed by atoms with Crippen LogP contribution in [0.25, 0.3) is 0 Å². The van der Waals surface area contributed by atoms with Crippen LogP contribution in [0.15, 0.2) is 42.5 Å². The first-order valence-electron chi connectivity index (χ1n) is 10.1. The second kappa shape index (κ2) is 6.52. The fraction of sp³-hybridized carbons (Fsp3) is 0.304. The molecule has 0 unspecified atom stereocenters. The molecule has 1 fully saturated rings. The number of imide groups is 2. The highest BCUT2D eigenvalue weighted by molar-refractivity contribution is 6.21. The third-order valence-corrected chi connectivity index (χ3v) is 6.38. The van der Waals surface area contributed by atoms with Gasteiger partial charge in [0.05, 0.1) is 11.1 Å². The van der Waals surface area contributed by atoms with Crippen molar-refractivity contribution >= 4 is 23.8 Å². The van der Waals surface area contributed by atoms with Crippen LogP contribution in [-0.2, 0) is 23.2 Å². The van der Waals surface area contributed by atoms with Crippen LogP contribution in [0.1, 0.15) is 50.8 Å². The fourth-order valence-corrected chi connectivity index (χ4v) is 4.62. The molecule has 0 saturated carbocycles. The summed E-state index contributed by atoms with van der Waals surface area (Å²) in [6, 6.07) is 12.0. The van der Waals surface area contributed by atoms with Crippen molar-refractivity contribution in [2.24, 2.45) is 0 Å². The van der Waals surface area contributed by atoms with E-state index in [0.29, 0.717) is 11.1 Å². The van der Waals surface area contributed by atoms with Crippen LogP contribution in [-0.4, -0.2) is 46.6 Å². The lowest BCUT2D eigenvalue weighted by atomic mass is 9.89. The van der Waals surface area contributed by atoms with Gasteiger partial charge in [0.25, 0.3) is 17.7 Å². The van der Waals surface area contributed by atoms with Gasteiger partial charge in [0.2, 0.25) is 0 Å². The zero-order valence-corrected chi connectivity index (χ0v) is 16.6. The molecule has 2 aromatic carbocycles. The van der Waals surface area contributed by atoms with Crippen LogP contribution >= 0.6 is 0 Å². The number of aryl methyl sites for hydroxylation is 2. The lowest BCUT2D eigenvalue weighted by Crippen LogP contribution is -2.43. The van der Waals surface area contributed by atoms with Crippen LogP contribution in [0, 0.1) is 0 Å². The summed E-state index contributed by atoms with van der Waals surface area (Å²) < 4.78 is 0. The van der Waals surface area contributed by atoms with Crippen LogP contribution in [0.4, 0.5) is 4.79 Å². The van der Waals surface area contributed by atoms with E-state index in [4.69, 9.17) is 0 Å². The number of hydrogen-bond acceptors (Lipinski definition) is 4. The highest BCUT2D eigenvalue weighted by atomic mass is 16.2. The SMILES string of the molecule is C[C@@]1(c2ccc3c(c2)CCC3)NC(=O)N(CCN2C(=O)c3ccccc3C2=O)C1=O. The molecule has 1 atom stereocenters. The first-order chi connectivity index (χ1) is 14.4. The minimum Gasteiger partial charge on any atom is -0.319 e. The predicted octanol–water partition coefficient (Wildman–Crippen LogP) is 2.24. The second-order valence-corrected chi connectivity index (χ2v) is 8.16. The molecular weight excluding hydrogens is 382 g/mol. The molecule has 30 heavy (non-hydrogen) atoms. The number of fused-ring (bicyclic) bond motifs is 2. The topological polar surface area (TPSA) is 86.8 Å². The van der Waals surface area contributed by atoms with Crippen LogP contribution < -0.4 is 5.32 Å². The molecule has 5 amide bonds. The Morgan fingerprint density at radius 3 is 2.20 bits per heavy atom. The van der Waals surface area contributed by atoms with E-state index in [2.05, 4.69) is 5.32 Å². The summed E-state index contributed by atoms with van der Waals surface area (Å²) in [6.07, 6.45) is 3.12. The molecule has 1 saturated heterocycles. The van der Waals surface area contributed by atoms with E-state index < -0.39 is 23.4 Å². The number of hydrogen-bond donors (Lipinski definition) is 1. The Morgan fingerprint density at radius 1 is 0.867 bits per heavy atom. The molecule has 1 N–H and O–H groups in total. The van der Waals surface area contributed by atoms with E-state index in [9.17, 15) is 19.2 Å². The third kappa shape index (κ3) is 2.58. The van der Waals surface area contributed by atoms with Gasteiger partial charge in [-0.2, -0.15) is 0 Å². The number of benzene rings is 2. The van der Waals surface area contributed by atoms with E-state index in [1.54, 1.807) is 31.2 Å². The zero-order chi connectivity index (χ0) is 21.0. The Balaban J connectivity index is 1.34. The standard InChI is InChI=1S/C23H21N3O4/c1-23(16-10-9-14-5-4-6-15(14)13-16)21(29)26(22(30)24-23)12-11-25-19(27)17-7-2-3-8-18(17)20(25)28/h2-3,7-10,13H,4-6,11-12H2,1H3,(H,24,30)/t23-/m0/s1. The van der Waals surface area contributed by atoms with Gasteiger partial charge in [-0.25, -0.2) is 4.79 Å². The van der Waals surface area contributed by atoms with Gasteiger partial charge in [-0.1, -0.05) is 30.3 Å². The summed E-state index contributed by atoms with van der Waals surface area (Å²) in [4.78, 5) is 53.0. The quantitative estimate of drug-likeness (QED) is 0.627. The smallest absolute Gasteiger partial charge is 0.319 e. The lowest BCUT2D eigenvalue weighted by Gasteiger charge is -2.23. The second-order valence-electron chi connectivity index (χ2n) is 8.16. The number of urea groups is 1. The Bertz CT molecular complexity index is 1090. The maximum atomic E-state index is 13.2. The number of carbonyl (C=O) groups is 4. The van der Waals surface area contributed by atoms with Gasteiger partial charge in [0, 0.05) is 13.1 Å². The van der Waals surface area contributed by atoms with Gasteiger partial charge >= 0.3 is 6.03 Å². The minimum absolute atomic E-state index is 0.0359. The van der Waals surface area contributed by atoms with Gasteiger partial charge in [-0.3, -0.25) is 24.2 Å². The molecule has 2 heterocycles. The molecule has 7 heteroatoms. The van der Waals surface area contributed by atoms with Crippen LogP contribution in [0.2, 0.25) is 0 Å². The minimum atomic E-state index is -1.16. The maximum absolute atomic E-state index is 13.2. The van der Waals surface area contributed by atoms with Crippen molar-refractivity contribution in [1.29, 1.82) is 0 Å². The Labute approximate surface area is 173 Å². The van der Waals surface area contributed by atoms with E-state index >= 15 is 0 Å². The van der Waals surface area contributed by atoms with E-state index in [1.165, 1.54) is 11.1 Å². The Morgan fingerprint density at radius 2 is 1.50 bits per heavy atom. The summed E-state index contributed by atoms with van der Waals surface area (Å²) in [7, 11) is 0. The Hall–Kier alpha value is -3.48. The summed E-state index contributed by atoms with van der Waals surface area (Å²) >= 11 is 0.